The quantitative estimate of drug-likeness (QED) is 0.0218. The Labute approximate surface area is 330 Å². The molecule has 0 bridgehead atoms. The molecule has 0 aliphatic carbocycles. The van der Waals surface area contributed by atoms with E-state index in [0.717, 1.165) is 89.9 Å². The monoisotopic (exact) mass is 781 g/mol. The van der Waals surface area contributed by atoms with E-state index < -0.39 is 26.5 Å². The number of unbranched alkanes of at least 4 members (excludes halogenated alkanes) is 13. The fourth-order valence-corrected chi connectivity index (χ4v) is 6.02. The second-order valence-electron chi connectivity index (χ2n) is 15.0. The van der Waals surface area contributed by atoms with Gasteiger partial charge in [-0.3, -0.25) is 18.6 Å². The predicted octanol–water partition coefficient (Wildman–Crippen LogP) is 11.7. The Morgan fingerprint density at radius 3 is 1.57 bits per heavy atom. The van der Waals surface area contributed by atoms with Crippen LogP contribution in [0.1, 0.15) is 155 Å². The first kappa shape index (κ1) is 51.7. The Morgan fingerprint density at radius 1 is 0.593 bits per heavy atom. The number of ether oxygens (including phenoxy) is 2. The number of carbonyl (C=O) groups is 2. The van der Waals surface area contributed by atoms with Gasteiger partial charge >= 0.3 is 19.8 Å². The number of likely N-dealkylation sites (N-methyl/N-ethyl adjacent to an activating group) is 1. The average Bonchev–Trinajstić information content (AvgIpc) is 3.12. The van der Waals surface area contributed by atoms with Crippen molar-refractivity contribution in [1.82, 2.24) is 0 Å². The summed E-state index contributed by atoms with van der Waals surface area (Å²) in [6.07, 6.45) is 43.2. The first-order chi connectivity index (χ1) is 26.0. The van der Waals surface area contributed by atoms with Crippen LogP contribution in [0.15, 0.2) is 60.8 Å². The highest BCUT2D eigenvalue weighted by Gasteiger charge is 2.27. The molecule has 10 heteroatoms. The number of hydrogen-bond donors (Lipinski definition) is 1. The van der Waals surface area contributed by atoms with Gasteiger partial charge in [-0.05, 0) is 57.8 Å². The van der Waals surface area contributed by atoms with Gasteiger partial charge in [0.15, 0.2) is 6.10 Å². The molecule has 0 amide bonds. The highest BCUT2D eigenvalue weighted by atomic mass is 31.2. The van der Waals surface area contributed by atoms with Gasteiger partial charge in [0, 0.05) is 12.8 Å². The molecule has 2 atom stereocenters. The van der Waals surface area contributed by atoms with Crippen molar-refractivity contribution in [3.05, 3.63) is 60.8 Å². The molecule has 0 radical (unpaired) electrons. The van der Waals surface area contributed by atoms with Crippen LogP contribution in [0.3, 0.4) is 0 Å². The molecular formula is C44H79NO8P+. The predicted molar refractivity (Wildman–Crippen MR) is 224 cm³/mol. The Balaban J connectivity index is 4.14. The molecule has 0 heterocycles. The second kappa shape index (κ2) is 36.4. The number of esters is 2. The highest BCUT2D eigenvalue weighted by Crippen LogP contribution is 2.43. The van der Waals surface area contributed by atoms with Crippen molar-refractivity contribution in [2.45, 2.75) is 161 Å². The minimum atomic E-state index is -4.36. The molecule has 0 fully saturated rings. The zero-order valence-electron chi connectivity index (χ0n) is 34.9. The molecule has 0 spiro atoms. The number of carbonyl (C=O) groups excluding carboxylic acids is 2. The molecule has 0 aromatic heterocycles. The van der Waals surface area contributed by atoms with Crippen LogP contribution in [0.25, 0.3) is 0 Å². The van der Waals surface area contributed by atoms with Gasteiger partial charge < -0.3 is 18.9 Å². The van der Waals surface area contributed by atoms with Crippen molar-refractivity contribution in [3.63, 3.8) is 0 Å². The molecule has 0 aromatic rings. The highest BCUT2D eigenvalue weighted by molar-refractivity contribution is 7.47. The largest absolute Gasteiger partial charge is 0.472 e. The van der Waals surface area contributed by atoms with E-state index in [1.54, 1.807) is 0 Å². The third-order valence-corrected chi connectivity index (χ3v) is 9.55. The summed E-state index contributed by atoms with van der Waals surface area (Å²) >= 11 is 0. The zero-order chi connectivity index (χ0) is 40.0. The summed E-state index contributed by atoms with van der Waals surface area (Å²) in [4.78, 5) is 35.0. The molecule has 0 rings (SSSR count). The second-order valence-corrected chi connectivity index (χ2v) is 16.5. The Morgan fingerprint density at radius 2 is 1.06 bits per heavy atom. The molecule has 0 aromatic carbocycles. The molecule has 9 nitrogen and oxygen atoms in total. The van der Waals surface area contributed by atoms with E-state index in [4.69, 9.17) is 18.5 Å². The van der Waals surface area contributed by atoms with Gasteiger partial charge in [0.2, 0.25) is 0 Å². The maximum Gasteiger partial charge on any atom is 0.472 e. The van der Waals surface area contributed by atoms with Crippen LogP contribution >= 0.6 is 7.82 Å². The van der Waals surface area contributed by atoms with E-state index in [-0.39, 0.29) is 32.0 Å². The Kier molecular flexibility index (Phi) is 34.8. The molecule has 1 N–H and O–H groups in total. The lowest BCUT2D eigenvalue weighted by atomic mass is 10.1. The summed E-state index contributed by atoms with van der Waals surface area (Å²) in [7, 11) is 1.46. The summed E-state index contributed by atoms with van der Waals surface area (Å²) in [6, 6.07) is 0. The summed E-state index contributed by atoms with van der Waals surface area (Å²) in [6.45, 7) is 4.19. The molecule has 0 aliphatic rings. The zero-order valence-corrected chi connectivity index (χ0v) is 35.8. The fraction of sp³-hybridized carbons (Fsp3) is 0.727. The van der Waals surface area contributed by atoms with E-state index >= 15 is 0 Å². The fourth-order valence-electron chi connectivity index (χ4n) is 5.27. The molecule has 54 heavy (non-hydrogen) atoms. The van der Waals surface area contributed by atoms with Crippen LogP contribution in [0, 0.1) is 0 Å². The van der Waals surface area contributed by atoms with Crippen LogP contribution < -0.4 is 0 Å². The standard InChI is InChI=1S/C44H78NO8P/c1-6-8-10-12-13-14-15-16-17-18-19-20-21-22-23-24-25-26-27-28-29-30-31-33-35-37-44(47)53-42(40-50-43(46)36-34-32-11-9-7-2)41-52-54(48,49)51-39-38-45(3,4)5/h8,10,13-14,16-17,19-20,22-23,42H,6-7,9,11-12,15,18,21,24-41H2,1-5H3/p+1/b10-8-,14-13-,17-16-,20-19-,23-22-. The maximum absolute atomic E-state index is 12.6. The number of phosphoric acid groups is 1. The third-order valence-electron chi connectivity index (χ3n) is 8.56. The van der Waals surface area contributed by atoms with E-state index in [0.29, 0.717) is 17.4 Å². The number of nitrogens with zero attached hydrogens (tertiary/aromatic N) is 1. The van der Waals surface area contributed by atoms with Crippen LogP contribution in [0.5, 0.6) is 0 Å². The van der Waals surface area contributed by atoms with E-state index in [2.05, 4.69) is 74.6 Å². The minimum Gasteiger partial charge on any atom is -0.462 e. The minimum absolute atomic E-state index is 0.0283. The molecule has 0 saturated carbocycles. The van der Waals surface area contributed by atoms with Gasteiger partial charge in [-0.2, -0.15) is 0 Å². The van der Waals surface area contributed by atoms with Crippen LogP contribution in [0.2, 0.25) is 0 Å². The lowest BCUT2D eigenvalue weighted by molar-refractivity contribution is -0.870. The topological polar surface area (TPSA) is 108 Å². The number of hydrogen-bond acceptors (Lipinski definition) is 7. The van der Waals surface area contributed by atoms with Crippen molar-refractivity contribution in [1.29, 1.82) is 0 Å². The van der Waals surface area contributed by atoms with Crippen LogP contribution in [-0.4, -0.2) is 74.9 Å². The lowest BCUT2D eigenvalue weighted by Gasteiger charge is -2.24. The van der Waals surface area contributed by atoms with Crippen molar-refractivity contribution in [3.8, 4) is 0 Å². The van der Waals surface area contributed by atoms with Gasteiger partial charge in [-0.15, -0.1) is 0 Å². The molecule has 0 aliphatic heterocycles. The van der Waals surface area contributed by atoms with Gasteiger partial charge in [-0.25, -0.2) is 4.57 Å². The van der Waals surface area contributed by atoms with Gasteiger partial charge in [0.1, 0.15) is 19.8 Å². The Bertz CT molecular complexity index is 1110. The van der Waals surface area contributed by atoms with E-state index in [1.807, 2.05) is 21.1 Å². The van der Waals surface area contributed by atoms with E-state index in [1.165, 1.54) is 32.1 Å². The number of rotatable bonds is 37. The third kappa shape index (κ3) is 39.4. The van der Waals surface area contributed by atoms with Gasteiger partial charge in [0.25, 0.3) is 0 Å². The summed E-state index contributed by atoms with van der Waals surface area (Å²) in [5.41, 5.74) is 0. The molecule has 0 saturated heterocycles. The van der Waals surface area contributed by atoms with Crippen molar-refractivity contribution in [2.75, 3.05) is 47.5 Å². The maximum atomic E-state index is 12.6. The number of phosphoric ester groups is 1. The smallest absolute Gasteiger partial charge is 0.462 e. The summed E-state index contributed by atoms with van der Waals surface area (Å²) in [5.74, 6) is -0.824. The number of quaternary nitrogens is 1. The first-order valence-corrected chi connectivity index (χ1v) is 22.5. The van der Waals surface area contributed by atoms with Gasteiger partial charge in [0.05, 0.1) is 27.7 Å². The first-order valence-electron chi connectivity index (χ1n) is 21.0. The summed E-state index contributed by atoms with van der Waals surface area (Å²) < 4.78 is 34.0. The Hall–Kier alpha value is -2.29. The summed E-state index contributed by atoms with van der Waals surface area (Å²) in [5, 5.41) is 0. The molecular weight excluding hydrogens is 701 g/mol. The average molecular weight is 781 g/mol. The normalized spacial score (nSPS) is 14.3. The van der Waals surface area contributed by atoms with Crippen LogP contribution in [-0.2, 0) is 32.7 Å². The SMILES string of the molecule is CC/C=C\C/C=C\C/C=C\C/C=C\C/C=C\CCCCCCCCCCCC(=O)OC(COC(=O)CCCCCCC)COP(=O)(O)OCC[N+](C)(C)C. The van der Waals surface area contributed by atoms with Crippen LogP contribution in [0.4, 0.5) is 0 Å². The van der Waals surface area contributed by atoms with Gasteiger partial charge in [-0.1, -0.05) is 145 Å². The van der Waals surface area contributed by atoms with E-state index in [9.17, 15) is 19.0 Å². The van der Waals surface area contributed by atoms with Crippen molar-refractivity contribution < 1.29 is 42.1 Å². The molecule has 2 unspecified atom stereocenters. The van der Waals surface area contributed by atoms with Crippen molar-refractivity contribution in [2.24, 2.45) is 0 Å². The molecule has 312 valence electrons. The number of allylic oxidation sites excluding steroid dienone is 10. The lowest BCUT2D eigenvalue weighted by Crippen LogP contribution is -2.37. The van der Waals surface area contributed by atoms with Crippen molar-refractivity contribution >= 4 is 19.8 Å².